The zero-order chi connectivity index (χ0) is 28.7. The molecule has 4 atom stereocenters. The molecule has 1 heterocycles. The van der Waals surface area contributed by atoms with Crippen molar-refractivity contribution in [3.8, 4) is 23.0 Å². The Kier molecular flexibility index (Phi) is 9.12. The number of esters is 3. The van der Waals surface area contributed by atoms with E-state index in [2.05, 4.69) is 0 Å². The molecule has 0 unspecified atom stereocenters. The molecule has 0 spiro atoms. The van der Waals surface area contributed by atoms with Gasteiger partial charge in [-0.25, -0.2) is 19.2 Å². The van der Waals surface area contributed by atoms with E-state index in [4.69, 9.17) is 23.7 Å². The summed E-state index contributed by atoms with van der Waals surface area (Å²) in [4.78, 5) is 48.5. The number of phenolic OH excluding ortho intramolecular Hbond substituents is 2. The van der Waals surface area contributed by atoms with Crippen LogP contribution < -0.4 is 9.47 Å². The van der Waals surface area contributed by atoms with Crippen LogP contribution in [0, 0.1) is 0 Å². The summed E-state index contributed by atoms with van der Waals surface area (Å²) < 4.78 is 24.8. The fraction of sp³-hybridized carbons (Fsp3) is 0.231. The zero-order valence-electron chi connectivity index (χ0n) is 20.5. The Bertz CT molecular complexity index is 1310. The number of aliphatic carboxylic acids is 1. The predicted molar refractivity (Wildman–Crippen MR) is 131 cm³/mol. The number of aliphatic hydroxyl groups excluding tert-OH is 1. The van der Waals surface area contributed by atoms with Crippen LogP contribution in [0.25, 0.3) is 12.2 Å². The van der Waals surface area contributed by atoms with Gasteiger partial charge >= 0.3 is 23.9 Å². The van der Waals surface area contributed by atoms with E-state index in [0.717, 1.165) is 12.2 Å². The summed E-state index contributed by atoms with van der Waals surface area (Å²) >= 11 is 0. The number of rotatable bonds is 10. The minimum absolute atomic E-state index is 0.128. The van der Waals surface area contributed by atoms with Crippen molar-refractivity contribution in [3.63, 3.8) is 0 Å². The highest BCUT2D eigenvalue weighted by atomic mass is 16.6. The van der Waals surface area contributed by atoms with E-state index < -0.39 is 48.3 Å². The zero-order valence-corrected chi connectivity index (χ0v) is 20.5. The fourth-order valence-corrected chi connectivity index (χ4v) is 3.47. The Morgan fingerprint density at radius 3 is 1.90 bits per heavy atom. The smallest absolute Gasteiger partial charge is 0.349 e. The van der Waals surface area contributed by atoms with E-state index in [1.165, 1.54) is 62.8 Å². The third-order valence-electron chi connectivity index (χ3n) is 5.40. The van der Waals surface area contributed by atoms with Crippen LogP contribution in [0.15, 0.2) is 48.6 Å². The monoisotopic (exact) mass is 544 g/mol. The lowest BCUT2D eigenvalue weighted by atomic mass is 10.1. The average Bonchev–Trinajstić information content (AvgIpc) is 3.18. The van der Waals surface area contributed by atoms with Gasteiger partial charge in [-0.2, -0.15) is 0 Å². The molecule has 206 valence electrons. The minimum atomic E-state index is -2.14. The third kappa shape index (κ3) is 7.05. The lowest BCUT2D eigenvalue weighted by Crippen LogP contribution is -2.47. The van der Waals surface area contributed by atoms with Crippen molar-refractivity contribution in [2.45, 2.75) is 24.4 Å². The molecule has 4 N–H and O–H groups in total. The summed E-state index contributed by atoms with van der Waals surface area (Å²) in [5, 5.41) is 39.1. The molecule has 0 amide bonds. The molecule has 1 aliphatic rings. The molecule has 39 heavy (non-hydrogen) atoms. The number of phenols is 2. The molecule has 0 bridgehead atoms. The summed E-state index contributed by atoms with van der Waals surface area (Å²) in [6.45, 7) is 0. The molecule has 13 heteroatoms. The van der Waals surface area contributed by atoms with Crippen LogP contribution in [-0.2, 0) is 33.4 Å². The Balaban J connectivity index is 1.72. The Hall–Kier alpha value is -5.04. The maximum Gasteiger partial charge on any atom is 0.349 e. The molecular weight excluding hydrogens is 520 g/mol. The second kappa shape index (κ2) is 12.5. The molecule has 0 aliphatic carbocycles. The van der Waals surface area contributed by atoms with Crippen molar-refractivity contribution < 1.29 is 63.3 Å². The number of ether oxygens (including phenoxy) is 5. The number of benzene rings is 2. The fourth-order valence-electron chi connectivity index (χ4n) is 3.47. The molecule has 1 aliphatic heterocycles. The van der Waals surface area contributed by atoms with Crippen LogP contribution in [0.4, 0.5) is 0 Å². The number of aliphatic hydroxyl groups is 1. The summed E-state index contributed by atoms with van der Waals surface area (Å²) in [5.74, 6) is -5.24. The van der Waals surface area contributed by atoms with Crippen LogP contribution in [0.3, 0.4) is 0 Å². The number of hydrogen-bond acceptors (Lipinski definition) is 12. The first kappa shape index (κ1) is 28.5. The van der Waals surface area contributed by atoms with Gasteiger partial charge in [-0.05, 0) is 47.5 Å². The highest BCUT2D eigenvalue weighted by Crippen LogP contribution is 2.28. The number of carboxylic acid groups (broad SMARTS) is 1. The van der Waals surface area contributed by atoms with Crippen LogP contribution in [0.5, 0.6) is 23.0 Å². The van der Waals surface area contributed by atoms with Crippen molar-refractivity contribution >= 4 is 36.0 Å². The van der Waals surface area contributed by atoms with Gasteiger partial charge in [0.25, 0.3) is 0 Å². The molecule has 0 aromatic heterocycles. The van der Waals surface area contributed by atoms with Crippen LogP contribution in [0.2, 0.25) is 0 Å². The Morgan fingerprint density at radius 1 is 0.897 bits per heavy atom. The number of methoxy groups -OCH3 is 2. The number of carbonyl (C=O) groups excluding carboxylic acids is 3. The topological polar surface area (TPSA) is 195 Å². The van der Waals surface area contributed by atoms with Gasteiger partial charge in [0.05, 0.1) is 14.2 Å². The van der Waals surface area contributed by atoms with Gasteiger partial charge in [-0.1, -0.05) is 12.1 Å². The van der Waals surface area contributed by atoms with Crippen LogP contribution >= 0.6 is 0 Å². The van der Waals surface area contributed by atoms with Crippen LogP contribution in [-0.4, -0.2) is 82.9 Å². The average molecular weight is 544 g/mol. The second-order valence-electron chi connectivity index (χ2n) is 7.97. The van der Waals surface area contributed by atoms with Gasteiger partial charge in [0, 0.05) is 12.2 Å². The predicted octanol–water partition coefficient (Wildman–Crippen LogP) is 1.04. The number of hydrogen-bond donors (Lipinski definition) is 4. The SMILES string of the molecule is COc1cc(/C=C/C(=O)O[C@H]2[C@@H]([C@H](OC(=O)/C=C/c3ccc(O)c(OC)c3)C(=O)O)OC(=O)[C@@H]2O)ccc1O. The largest absolute Gasteiger partial charge is 0.504 e. The van der Waals surface area contributed by atoms with Gasteiger partial charge < -0.3 is 44.1 Å². The summed E-state index contributed by atoms with van der Waals surface area (Å²) in [7, 11) is 2.66. The molecule has 2 aromatic rings. The Labute approximate surface area is 221 Å². The van der Waals surface area contributed by atoms with Crippen LogP contribution in [0.1, 0.15) is 11.1 Å². The molecule has 2 aromatic carbocycles. The van der Waals surface area contributed by atoms with Crippen molar-refractivity contribution in [3.05, 3.63) is 59.7 Å². The highest BCUT2D eigenvalue weighted by Gasteiger charge is 2.53. The van der Waals surface area contributed by atoms with Gasteiger partial charge in [0.15, 0.2) is 41.3 Å². The first-order valence-corrected chi connectivity index (χ1v) is 11.2. The lowest BCUT2D eigenvalue weighted by molar-refractivity contribution is -0.178. The first-order valence-electron chi connectivity index (χ1n) is 11.2. The molecule has 1 fully saturated rings. The maximum atomic E-state index is 12.4. The number of aromatic hydroxyl groups is 2. The summed E-state index contributed by atoms with van der Waals surface area (Å²) in [5.41, 5.74) is 0.828. The standard InChI is InChI=1S/C26H24O13/c1-35-17-11-13(3-7-15(17)27)5-9-19(29)37-22-21(31)26(34)39-23(22)24(25(32)33)38-20(30)10-6-14-4-8-16(28)18(12-14)36-2/h3-12,21-24,27-28,31H,1-2H3,(H,32,33)/b9-5+,10-6+/t21-,22-,23+,24+/m1/s1. The first-order chi connectivity index (χ1) is 18.5. The van der Waals surface area contributed by atoms with E-state index in [9.17, 15) is 39.6 Å². The molecular formula is C26H24O13. The second-order valence-corrected chi connectivity index (χ2v) is 7.97. The van der Waals surface area contributed by atoms with E-state index in [1.54, 1.807) is 0 Å². The molecule has 0 radical (unpaired) electrons. The van der Waals surface area contributed by atoms with Crippen molar-refractivity contribution in [1.29, 1.82) is 0 Å². The number of carbonyl (C=O) groups is 4. The minimum Gasteiger partial charge on any atom is -0.504 e. The van der Waals surface area contributed by atoms with Gasteiger partial charge in [0.1, 0.15) is 0 Å². The van der Waals surface area contributed by atoms with Crippen molar-refractivity contribution in [1.82, 2.24) is 0 Å². The number of carboxylic acids is 1. The van der Waals surface area contributed by atoms with E-state index in [1.807, 2.05) is 0 Å². The lowest BCUT2D eigenvalue weighted by Gasteiger charge is -2.23. The molecule has 0 saturated carbocycles. The van der Waals surface area contributed by atoms with E-state index >= 15 is 0 Å². The highest BCUT2D eigenvalue weighted by molar-refractivity contribution is 5.91. The quantitative estimate of drug-likeness (QED) is 0.188. The van der Waals surface area contributed by atoms with Crippen molar-refractivity contribution in [2.24, 2.45) is 0 Å². The third-order valence-corrected chi connectivity index (χ3v) is 5.40. The van der Waals surface area contributed by atoms with Gasteiger partial charge in [-0.15, -0.1) is 0 Å². The summed E-state index contributed by atoms with van der Waals surface area (Å²) in [6, 6.07) is 8.37. The van der Waals surface area contributed by atoms with Gasteiger partial charge in [0.2, 0.25) is 6.10 Å². The van der Waals surface area contributed by atoms with E-state index in [0.29, 0.717) is 11.1 Å². The summed E-state index contributed by atoms with van der Waals surface area (Å²) in [6.07, 6.45) is -3.52. The molecule has 3 rings (SSSR count). The van der Waals surface area contributed by atoms with E-state index in [-0.39, 0.29) is 23.0 Å². The molecule has 1 saturated heterocycles. The van der Waals surface area contributed by atoms with Gasteiger partial charge in [-0.3, -0.25) is 0 Å². The maximum absolute atomic E-state index is 12.4. The van der Waals surface area contributed by atoms with Crippen molar-refractivity contribution in [2.75, 3.05) is 14.2 Å². The normalized spacial score (nSPS) is 19.5. The Morgan fingerprint density at radius 2 is 1.41 bits per heavy atom. The molecule has 13 nitrogen and oxygen atoms in total. The number of cyclic esters (lactones) is 1.